The van der Waals surface area contributed by atoms with Gasteiger partial charge >= 0.3 is 12.1 Å². The van der Waals surface area contributed by atoms with E-state index in [0.29, 0.717) is 31.2 Å². The van der Waals surface area contributed by atoms with Crippen molar-refractivity contribution in [3.05, 3.63) is 28.5 Å². The second kappa shape index (κ2) is 13.1. The van der Waals surface area contributed by atoms with Crippen molar-refractivity contribution >= 4 is 29.6 Å². The number of carbonyl (C=O) groups is 3. The maximum Gasteiger partial charge on any atom is 0.407 e. The van der Waals surface area contributed by atoms with Crippen LogP contribution in [0.3, 0.4) is 0 Å². The minimum absolute atomic E-state index is 0.00342. The second-order valence-corrected chi connectivity index (χ2v) is 8.93. The van der Waals surface area contributed by atoms with Crippen LogP contribution in [0.5, 0.6) is 5.75 Å². The number of carboxylic acids is 1. The van der Waals surface area contributed by atoms with Crippen molar-refractivity contribution in [2.75, 3.05) is 6.61 Å². The van der Waals surface area contributed by atoms with Crippen LogP contribution in [0.25, 0.3) is 0 Å². The number of halogens is 2. The third-order valence-electron chi connectivity index (χ3n) is 4.32. The molecule has 0 aliphatic rings. The standard InChI is InChI=1S/C22H32ClFN2O6/c1-22(2,3)32-21(30)26-16(9-10-18(25)27)13-31-17-12-15(23)11-14(20(17)24)7-5-4-6-8-19(28)29/h11-12,16H,4-10,13H2,1-3H3,(H2,25,27)(H,26,30)(H,28,29). The summed E-state index contributed by atoms with van der Waals surface area (Å²) in [5.74, 6) is -2.05. The van der Waals surface area contributed by atoms with E-state index in [1.165, 1.54) is 12.1 Å². The fourth-order valence-corrected chi connectivity index (χ4v) is 3.08. The minimum atomic E-state index is -0.861. The lowest BCUT2D eigenvalue weighted by molar-refractivity contribution is -0.137. The van der Waals surface area contributed by atoms with Gasteiger partial charge in [0.2, 0.25) is 5.91 Å². The Hall–Kier alpha value is -2.55. The van der Waals surface area contributed by atoms with Gasteiger partial charge in [-0.05, 0) is 58.1 Å². The summed E-state index contributed by atoms with van der Waals surface area (Å²) in [5, 5.41) is 11.6. The molecule has 0 spiro atoms. The van der Waals surface area contributed by atoms with Gasteiger partial charge in [-0.3, -0.25) is 9.59 Å². The highest BCUT2D eigenvalue weighted by molar-refractivity contribution is 6.30. The quantitative estimate of drug-likeness (QED) is 0.367. The molecule has 0 aromatic heterocycles. The number of amides is 2. The first-order chi connectivity index (χ1) is 14.9. The molecule has 1 rings (SSSR count). The summed E-state index contributed by atoms with van der Waals surface area (Å²) in [4.78, 5) is 33.8. The first-order valence-corrected chi connectivity index (χ1v) is 10.9. The van der Waals surface area contributed by atoms with Gasteiger partial charge in [-0.25, -0.2) is 9.18 Å². The molecule has 1 unspecified atom stereocenters. The average Bonchev–Trinajstić information content (AvgIpc) is 2.64. The maximum atomic E-state index is 14.9. The fourth-order valence-electron chi connectivity index (χ4n) is 2.85. The van der Waals surface area contributed by atoms with Gasteiger partial charge in [0, 0.05) is 23.9 Å². The summed E-state index contributed by atoms with van der Waals surface area (Å²) in [6.07, 6.45) is 1.71. The van der Waals surface area contributed by atoms with Crippen LogP contribution in [0.15, 0.2) is 12.1 Å². The molecule has 0 saturated carbocycles. The van der Waals surface area contributed by atoms with E-state index in [4.69, 9.17) is 31.9 Å². The molecule has 1 atom stereocenters. The molecule has 0 bridgehead atoms. The molecule has 0 saturated heterocycles. The molecule has 0 radical (unpaired) electrons. The highest BCUT2D eigenvalue weighted by atomic mass is 35.5. The number of hydrogen-bond acceptors (Lipinski definition) is 5. The minimum Gasteiger partial charge on any atom is -0.488 e. The molecule has 0 aliphatic carbocycles. The lowest BCUT2D eigenvalue weighted by Gasteiger charge is -2.24. The highest BCUT2D eigenvalue weighted by Crippen LogP contribution is 2.27. The maximum absolute atomic E-state index is 14.9. The zero-order valence-electron chi connectivity index (χ0n) is 18.7. The third kappa shape index (κ3) is 11.7. The van der Waals surface area contributed by atoms with E-state index in [2.05, 4.69) is 5.32 Å². The van der Waals surface area contributed by atoms with Gasteiger partial charge in [0.15, 0.2) is 11.6 Å². The number of ether oxygens (including phenoxy) is 2. The highest BCUT2D eigenvalue weighted by Gasteiger charge is 2.21. The van der Waals surface area contributed by atoms with Crippen molar-refractivity contribution in [2.24, 2.45) is 5.73 Å². The molecular formula is C22H32ClFN2O6. The van der Waals surface area contributed by atoms with E-state index in [9.17, 15) is 18.8 Å². The van der Waals surface area contributed by atoms with Gasteiger partial charge in [-0.15, -0.1) is 0 Å². The Morgan fingerprint density at radius 3 is 2.47 bits per heavy atom. The number of nitrogens with two attached hydrogens (primary N) is 1. The number of alkyl carbamates (subject to hydrolysis) is 1. The van der Waals surface area contributed by atoms with Gasteiger partial charge in [0.05, 0.1) is 6.04 Å². The number of primary amides is 1. The van der Waals surface area contributed by atoms with Gasteiger partial charge in [0.25, 0.3) is 0 Å². The smallest absolute Gasteiger partial charge is 0.407 e. The number of unbranched alkanes of at least 4 members (excludes halogenated alkanes) is 2. The molecule has 0 fully saturated rings. The Kier molecular flexibility index (Phi) is 11.3. The second-order valence-electron chi connectivity index (χ2n) is 8.49. The van der Waals surface area contributed by atoms with Crippen LogP contribution in [0.2, 0.25) is 5.02 Å². The van der Waals surface area contributed by atoms with Crippen LogP contribution in [0.1, 0.15) is 64.9 Å². The van der Waals surface area contributed by atoms with Crippen LogP contribution in [-0.4, -0.2) is 41.3 Å². The number of aliphatic carboxylic acids is 1. The molecule has 0 aliphatic heterocycles. The number of hydrogen-bond donors (Lipinski definition) is 3. The average molecular weight is 475 g/mol. The molecule has 2 amide bonds. The summed E-state index contributed by atoms with van der Waals surface area (Å²) in [7, 11) is 0. The number of nitrogens with one attached hydrogen (secondary N) is 1. The SMILES string of the molecule is CC(C)(C)OC(=O)NC(CCC(N)=O)COc1cc(Cl)cc(CCCCCC(=O)O)c1F. The summed E-state index contributed by atoms with van der Waals surface area (Å²) in [6, 6.07) is 2.20. The number of carbonyl (C=O) groups excluding carboxylic acids is 2. The Morgan fingerprint density at radius 2 is 1.88 bits per heavy atom. The molecule has 1 aromatic rings. The van der Waals surface area contributed by atoms with Crippen molar-refractivity contribution < 1.29 is 33.4 Å². The summed E-state index contributed by atoms with van der Waals surface area (Å²) in [5.41, 5.74) is 4.84. The number of aryl methyl sites for hydroxylation is 1. The number of carboxylic acid groups (broad SMARTS) is 1. The normalized spacial score (nSPS) is 12.2. The molecule has 10 heteroatoms. The largest absolute Gasteiger partial charge is 0.488 e. The van der Waals surface area contributed by atoms with Crippen molar-refractivity contribution in [1.29, 1.82) is 0 Å². The van der Waals surface area contributed by atoms with Crippen LogP contribution in [0.4, 0.5) is 9.18 Å². The molecular weight excluding hydrogens is 443 g/mol. The van der Waals surface area contributed by atoms with Gasteiger partial charge < -0.3 is 25.6 Å². The van der Waals surface area contributed by atoms with Crippen LogP contribution in [0, 0.1) is 5.82 Å². The number of rotatable bonds is 13. The Labute approximate surface area is 192 Å². The number of benzene rings is 1. The zero-order chi connectivity index (χ0) is 24.3. The van der Waals surface area contributed by atoms with Gasteiger partial charge in [-0.2, -0.15) is 0 Å². The fraction of sp³-hybridized carbons (Fsp3) is 0.591. The Bertz CT molecular complexity index is 797. The molecule has 180 valence electrons. The first kappa shape index (κ1) is 27.5. The molecule has 32 heavy (non-hydrogen) atoms. The summed E-state index contributed by atoms with van der Waals surface area (Å²) >= 11 is 6.10. The third-order valence-corrected chi connectivity index (χ3v) is 4.53. The van der Waals surface area contributed by atoms with E-state index >= 15 is 0 Å². The van der Waals surface area contributed by atoms with Crippen LogP contribution >= 0.6 is 11.6 Å². The predicted octanol–water partition coefficient (Wildman–Crippen LogP) is 4.20. The van der Waals surface area contributed by atoms with Crippen molar-refractivity contribution in [2.45, 2.75) is 77.4 Å². The van der Waals surface area contributed by atoms with Gasteiger partial charge in [0.1, 0.15) is 12.2 Å². The van der Waals surface area contributed by atoms with E-state index < -0.39 is 35.4 Å². The molecule has 4 N–H and O–H groups in total. The van der Waals surface area contributed by atoms with Gasteiger partial charge in [-0.1, -0.05) is 18.0 Å². The monoisotopic (exact) mass is 474 g/mol. The topological polar surface area (TPSA) is 128 Å². The van der Waals surface area contributed by atoms with Crippen molar-refractivity contribution in [3.8, 4) is 5.75 Å². The van der Waals surface area contributed by atoms with E-state index in [0.717, 1.165) is 0 Å². The van der Waals surface area contributed by atoms with E-state index in [1.54, 1.807) is 20.8 Å². The lowest BCUT2D eigenvalue weighted by Crippen LogP contribution is -2.42. The Morgan fingerprint density at radius 1 is 1.19 bits per heavy atom. The van der Waals surface area contributed by atoms with Crippen molar-refractivity contribution in [1.82, 2.24) is 5.32 Å². The molecule has 8 nitrogen and oxygen atoms in total. The van der Waals surface area contributed by atoms with Crippen molar-refractivity contribution in [3.63, 3.8) is 0 Å². The van der Waals surface area contributed by atoms with Crippen LogP contribution in [-0.2, 0) is 20.7 Å². The Balaban J connectivity index is 2.78. The van der Waals surface area contributed by atoms with E-state index in [-0.39, 0.29) is 36.6 Å². The summed E-state index contributed by atoms with van der Waals surface area (Å²) < 4.78 is 25.7. The van der Waals surface area contributed by atoms with E-state index in [1.807, 2.05) is 0 Å². The lowest BCUT2D eigenvalue weighted by atomic mass is 10.1. The summed E-state index contributed by atoms with van der Waals surface area (Å²) in [6.45, 7) is 5.02. The molecule has 0 heterocycles. The first-order valence-electron chi connectivity index (χ1n) is 10.5. The van der Waals surface area contributed by atoms with Crippen LogP contribution < -0.4 is 15.8 Å². The molecule has 1 aromatic carbocycles. The predicted molar refractivity (Wildman–Crippen MR) is 118 cm³/mol. The zero-order valence-corrected chi connectivity index (χ0v) is 19.5.